The first-order chi connectivity index (χ1) is 12.9. The monoisotopic (exact) mass is 405 g/mol. The molecule has 0 aliphatic carbocycles. The number of nitrogens with two attached hydrogens (primary N) is 2. The minimum atomic E-state index is -1.71. The number of amides is 4. The van der Waals surface area contributed by atoms with Crippen LogP contribution in [0.25, 0.3) is 0 Å². The number of carbonyl (C=O) groups excluding carboxylic acids is 4. The molecule has 0 spiro atoms. The van der Waals surface area contributed by atoms with Gasteiger partial charge in [-0.15, -0.1) is 0 Å². The van der Waals surface area contributed by atoms with E-state index in [2.05, 4.69) is 5.32 Å². The minimum Gasteiger partial charge on any atom is -0.481 e. The molecule has 0 radical (unpaired) electrons. The van der Waals surface area contributed by atoms with Gasteiger partial charge in [0.2, 0.25) is 23.6 Å². The quantitative estimate of drug-likeness (QED) is 0.154. The first kappa shape index (κ1) is 24.7. The minimum absolute atomic E-state index is 0.737. The van der Waals surface area contributed by atoms with Crippen LogP contribution in [0.5, 0.6) is 0 Å². The summed E-state index contributed by atoms with van der Waals surface area (Å²) >= 11 is 0. The van der Waals surface area contributed by atoms with Gasteiger partial charge in [-0.25, -0.2) is 4.79 Å². The maximum atomic E-state index is 12.2. The molecule has 0 aromatic carbocycles. The van der Waals surface area contributed by atoms with E-state index in [1.165, 1.54) is 6.92 Å². The third-order valence-electron chi connectivity index (χ3n) is 3.26. The van der Waals surface area contributed by atoms with Crippen molar-refractivity contribution in [3.63, 3.8) is 0 Å². The van der Waals surface area contributed by atoms with E-state index in [0.717, 1.165) is 0 Å². The Labute approximate surface area is 158 Å². The lowest BCUT2D eigenvalue weighted by Crippen LogP contribution is -2.58. The molecule has 28 heavy (non-hydrogen) atoms. The fourth-order valence-electron chi connectivity index (χ4n) is 1.83. The molecule has 0 bridgehead atoms. The van der Waals surface area contributed by atoms with E-state index in [0.29, 0.717) is 0 Å². The highest BCUT2D eigenvalue weighted by molar-refractivity contribution is 5.96. The molecule has 4 amide bonds. The SMILES string of the molecule is CC(N)C(=O)NC(CC(=O)O)C(=O)NC(CO)C(=O)NC(CC(N)=O)C(=O)O. The summed E-state index contributed by atoms with van der Waals surface area (Å²) < 4.78 is 0. The van der Waals surface area contributed by atoms with Gasteiger partial charge in [-0.3, -0.25) is 24.0 Å². The van der Waals surface area contributed by atoms with Crippen LogP contribution in [0.3, 0.4) is 0 Å². The third kappa shape index (κ3) is 8.91. The first-order valence-electron chi connectivity index (χ1n) is 7.89. The Hall–Kier alpha value is -3.26. The highest BCUT2D eigenvalue weighted by Gasteiger charge is 2.31. The Morgan fingerprint density at radius 3 is 1.68 bits per heavy atom. The first-order valence-corrected chi connectivity index (χ1v) is 7.89. The van der Waals surface area contributed by atoms with Crippen LogP contribution >= 0.6 is 0 Å². The number of rotatable bonds is 12. The van der Waals surface area contributed by atoms with Crippen LogP contribution in [0.4, 0.5) is 0 Å². The molecule has 0 fully saturated rings. The summed E-state index contributed by atoms with van der Waals surface area (Å²) in [6, 6.07) is -6.06. The van der Waals surface area contributed by atoms with Crippen LogP contribution in [0.15, 0.2) is 0 Å². The Kier molecular flexibility index (Phi) is 10.1. The number of nitrogens with one attached hydrogen (secondary N) is 3. The molecule has 4 unspecified atom stereocenters. The number of carbonyl (C=O) groups is 6. The normalized spacial score (nSPS) is 14.7. The highest BCUT2D eigenvalue weighted by atomic mass is 16.4. The van der Waals surface area contributed by atoms with Gasteiger partial charge < -0.3 is 42.7 Å². The van der Waals surface area contributed by atoms with E-state index in [9.17, 15) is 33.9 Å². The van der Waals surface area contributed by atoms with Gasteiger partial charge in [-0.05, 0) is 6.92 Å². The molecule has 0 aliphatic heterocycles. The molecule has 0 saturated heterocycles. The molecule has 0 rings (SSSR count). The maximum Gasteiger partial charge on any atom is 0.326 e. The van der Waals surface area contributed by atoms with E-state index in [-0.39, 0.29) is 0 Å². The number of aliphatic hydroxyl groups excluding tert-OH is 1. The zero-order chi connectivity index (χ0) is 22.0. The Bertz CT molecular complexity index is 637. The average Bonchev–Trinajstić information content (AvgIpc) is 2.56. The Balaban J connectivity index is 5.19. The van der Waals surface area contributed by atoms with Crippen molar-refractivity contribution in [1.29, 1.82) is 0 Å². The number of carboxylic acids is 2. The third-order valence-corrected chi connectivity index (χ3v) is 3.26. The van der Waals surface area contributed by atoms with Crippen molar-refractivity contribution in [2.75, 3.05) is 6.61 Å². The molecular weight excluding hydrogens is 382 g/mol. The van der Waals surface area contributed by atoms with Gasteiger partial charge in [0.05, 0.1) is 25.5 Å². The van der Waals surface area contributed by atoms with Crippen LogP contribution in [0.1, 0.15) is 19.8 Å². The molecule has 0 aromatic heterocycles. The van der Waals surface area contributed by atoms with E-state index >= 15 is 0 Å². The molecule has 14 nitrogen and oxygen atoms in total. The van der Waals surface area contributed by atoms with Crippen LogP contribution in [-0.4, -0.2) is 81.7 Å². The van der Waals surface area contributed by atoms with Gasteiger partial charge in [0.1, 0.15) is 18.1 Å². The van der Waals surface area contributed by atoms with Gasteiger partial charge in [-0.2, -0.15) is 0 Å². The molecule has 0 saturated carbocycles. The van der Waals surface area contributed by atoms with E-state index < -0.39 is 79.2 Å². The molecular formula is C14H23N5O9. The number of carboxylic acid groups (broad SMARTS) is 2. The number of aliphatic hydroxyl groups is 1. The summed E-state index contributed by atoms with van der Waals surface area (Å²) in [5.41, 5.74) is 10.2. The lowest BCUT2D eigenvalue weighted by molar-refractivity contribution is -0.144. The molecule has 4 atom stereocenters. The molecule has 10 N–H and O–H groups in total. The predicted molar refractivity (Wildman–Crippen MR) is 90.2 cm³/mol. The highest BCUT2D eigenvalue weighted by Crippen LogP contribution is 1.98. The van der Waals surface area contributed by atoms with Crippen molar-refractivity contribution < 1.29 is 44.1 Å². The standard InChI is InChI=1S/C14H23N5O9/c1-5(15)11(24)17-6(3-10(22)23)12(25)19-8(4-20)13(26)18-7(14(27)28)2-9(16)21/h5-8,20H,2-4,15H2,1H3,(H2,16,21)(H,17,24)(H,18,26)(H,19,25)(H,22,23)(H,27,28). The molecule has 0 heterocycles. The van der Waals surface area contributed by atoms with Gasteiger partial charge in [0.25, 0.3) is 0 Å². The topological polar surface area (TPSA) is 251 Å². The second-order valence-electron chi connectivity index (χ2n) is 5.76. The smallest absolute Gasteiger partial charge is 0.326 e. The predicted octanol–water partition coefficient (Wildman–Crippen LogP) is -4.78. The van der Waals surface area contributed by atoms with Crippen molar-refractivity contribution in [2.45, 2.75) is 43.9 Å². The zero-order valence-corrected chi connectivity index (χ0v) is 14.9. The zero-order valence-electron chi connectivity index (χ0n) is 14.9. The van der Waals surface area contributed by atoms with E-state index in [1.807, 2.05) is 10.6 Å². The van der Waals surface area contributed by atoms with Crippen molar-refractivity contribution in [1.82, 2.24) is 16.0 Å². The summed E-state index contributed by atoms with van der Waals surface area (Å²) in [6.07, 6.45) is -1.58. The fourth-order valence-corrected chi connectivity index (χ4v) is 1.83. The lowest BCUT2D eigenvalue weighted by atomic mass is 10.1. The Morgan fingerprint density at radius 1 is 0.821 bits per heavy atom. The number of aliphatic carboxylic acids is 2. The number of hydrogen-bond donors (Lipinski definition) is 8. The van der Waals surface area contributed by atoms with Gasteiger partial charge in [0.15, 0.2) is 0 Å². The molecule has 0 aromatic rings. The largest absolute Gasteiger partial charge is 0.481 e. The van der Waals surface area contributed by atoms with Crippen molar-refractivity contribution in [2.24, 2.45) is 11.5 Å². The summed E-state index contributed by atoms with van der Waals surface area (Å²) in [7, 11) is 0. The van der Waals surface area contributed by atoms with E-state index in [4.69, 9.17) is 21.7 Å². The van der Waals surface area contributed by atoms with Crippen molar-refractivity contribution in [3.8, 4) is 0 Å². The van der Waals surface area contributed by atoms with Crippen LogP contribution in [0.2, 0.25) is 0 Å². The Morgan fingerprint density at radius 2 is 1.29 bits per heavy atom. The summed E-state index contributed by atoms with van der Waals surface area (Å²) in [5, 5.41) is 33.0. The van der Waals surface area contributed by atoms with Crippen LogP contribution in [0, 0.1) is 0 Å². The maximum absolute atomic E-state index is 12.2. The van der Waals surface area contributed by atoms with E-state index in [1.54, 1.807) is 0 Å². The molecule has 158 valence electrons. The summed E-state index contributed by atoms with van der Waals surface area (Å²) in [6.45, 7) is 0.307. The average molecular weight is 405 g/mol. The van der Waals surface area contributed by atoms with Gasteiger partial charge in [0, 0.05) is 0 Å². The van der Waals surface area contributed by atoms with Crippen LogP contribution < -0.4 is 27.4 Å². The lowest BCUT2D eigenvalue weighted by Gasteiger charge is -2.23. The second kappa shape index (κ2) is 11.5. The molecule has 14 heteroatoms. The molecule has 0 aliphatic rings. The summed E-state index contributed by atoms with van der Waals surface area (Å²) in [4.78, 5) is 68.6. The van der Waals surface area contributed by atoms with Gasteiger partial charge in [-0.1, -0.05) is 0 Å². The summed E-state index contributed by atoms with van der Waals surface area (Å²) in [5.74, 6) is -7.17. The van der Waals surface area contributed by atoms with Crippen molar-refractivity contribution >= 4 is 35.6 Å². The number of primary amides is 1. The van der Waals surface area contributed by atoms with Crippen LogP contribution in [-0.2, 0) is 28.8 Å². The van der Waals surface area contributed by atoms with Crippen molar-refractivity contribution in [3.05, 3.63) is 0 Å². The van der Waals surface area contributed by atoms with Gasteiger partial charge >= 0.3 is 11.9 Å². The second-order valence-corrected chi connectivity index (χ2v) is 5.76. The fraction of sp³-hybridized carbons (Fsp3) is 0.571. The number of hydrogen-bond acceptors (Lipinski definition) is 8.